The third kappa shape index (κ3) is 5.74. The zero-order chi connectivity index (χ0) is 11.1. The standard InChI is InChI=1S/C11H21NO3/c1-2-3-7-15-8-6-12(9-11(13)14)10-4-5-10/h10H,2-9H2,1H3,(H,13,14). The van der Waals surface area contributed by atoms with Crippen molar-refractivity contribution in [1.82, 2.24) is 4.90 Å². The van der Waals surface area contributed by atoms with Crippen molar-refractivity contribution < 1.29 is 14.6 Å². The first-order chi connectivity index (χ1) is 7.24. The van der Waals surface area contributed by atoms with Crippen LogP contribution in [-0.4, -0.2) is 48.3 Å². The first kappa shape index (κ1) is 12.5. The monoisotopic (exact) mass is 215 g/mol. The van der Waals surface area contributed by atoms with Crippen molar-refractivity contribution in [2.45, 2.75) is 38.6 Å². The molecule has 0 bridgehead atoms. The van der Waals surface area contributed by atoms with Crippen LogP contribution in [0, 0.1) is 0 Å². The number of hydrogen-bond acceptors (Lipinski definition) is 3. The van der Waals surface area contributed by atoms with E-state index < -0.39 is 5.97 Å². The van der Waals surface area contributed by atoms with Crippen molar-refractivity contribution in [2.75, 3.05) is 26.3 Å². The number of carboxylic acid groups (broad SMARTS) is 1. The van der Waals surface area contributed by atoms with Gasteiger partial charge in [0, 0.05) is 19.2 Å². The lowest BCUT2D eigenvalue weighted by atomic mass is 10.4. The molecule has 1 aliphatic rings. The average molecular weight is 215 g/mol. The van der Waals surface area contributed by atoms with Gasteiger partial charge >= 0.3 is 5.97 Å². The summed E-state index contributed by atoms with van der Waals surface area (Å²) in [6.45, 7) is 4.48. The number of carbonyl (C=O) groups is 1. The van der Waals surface area contributed by atoms with Crippen LogP contribution in [0.5, 0.6) is 0 Å². The van der Waals surface area contributed by atoms with Gasteiger partial charge in [-0.2, -0.15) is 0 Å². The van der Waals surface area contributed by atoms with E-state index in [1.54, 1.807) is 0 Å². The Morgan fingerprint density at radius 3 is 2.73 bits per heavy atom. The second-order valence-corrected chi connectivity index (χ2v) is 4.06. The molecule has 0 spiro atoms. The van der Waals surface area contributed by atoms with Crippen LogP contribution in [-0.2, 0) is 9.53 Å². The van der Waals surface area contributed by atoms with Crippen LogP contribution in [0.15, 0.2) is 0 Å². The minimum absolute atomic E-state index is 0.155. The van der Waals surface area contributed by atoms with Gasteiger partial charge in [0.2, 0.25) is 0 Å². The van der Waals surface area contributed by atoms with E-state index in [0.29, 0.717) is 12.6 Å². The van der Waals surface area contributed by atoms with E-state index in [4.69, 9.17) is 9.84 Å². The summed E-state index contributed by atoms with van der Waals surface area (Å²) in [5.41, 5.74) is 0. The van der Waals surface area contributed by atoms with Gasteiger partial charge in [-0.05, 0) is 19.3 Å². The molecule has 88 valence electrons. The molecule has 0 radical (unpaired) electrons. The van der Waals surface area contributed by atoms with Crippen LogP contribution in [0.25, 0.3) is 0 Å². The quantitative estimate of drug-likeness (QED) is 0.590. The fraction of sp³-hybridized carbons (Fsp3) is 0.909. The number of aliphatic carboxylic acids is 1. The summed E-state index contributed by atoms with van der Waals surface area (Å²) < 4.78 is 5.43. The molecule has 0 aromatic rings. The van der Waals surface area contributed by atoms with Crippen molar-refractivity contribution in [1.29, 1.82) is 0 Å². The number of carboxylic acids is 1. The summed E-state index contributed by atoms with van der Waals surface area (Å²) in [5.74, 6) is -0.740. The maximum absolute atomic E-state index is 10.6. The predicted octanol–water partition coefficient (Wildman–Crippen LogP) is 1.35. The summed E-state index contributed by atoms with van der Waals surface area (Å²) in [6, 6.07) is 0.496. The molecule has 1 N–H and O–H groups in total. The smallest absolute Gasteiger partial charge is 0.317 e. The molecule has 0 unspecified atom stereocenters. The zero-order valence-corrected chi connectivity index (χ0v) is 9.45. The van der Waals surface area contributed by atoms with Gasteiger partial charge in [0.05, 0.1) is 13.2 Å². The lowest BCUT2D eigenvalue weighted by Gasteiger charge is -2.19. The topological polar surface area (TPSA) is 49.8 Å². The minimum atomic E-state index is -0.740. The molecule has 4 heteroatoms. The molecule has 1 saturated carbocycles. The summed E-state index contributed by atoms with van der Waals surface area (Å²) in [7, 11) is 0. The van der Waals surface area contributed by atoms with Crippen LogP contribution < -0.4 is 0 Å². The van der Waals surface area contributed by atoms with E-state index in [2.05, 4.69) is 6.92 Å². The number of unbranched alkanes of at least 4 members (excludes halogenated alkanes) is 1. The molecule has 0 amide bonds. The van der Waals surface area contributed by atoms with Gasteiger partial charge in [-0.15, -0.1) is 0 Å². The SMILES string of the molecule is CCCCOCCN(CC(=O)O)C1CC1. The molecule has 0 aromatic carbocycles. The van der Waals surface area contributed by atoms with Crippen molar-refractivity contribution >= 4 is 5.97 Å². The van der Waals surface area contributed by atoms with Gasteiger partial charge < -0.3 is 9.84 Å². The van der Waals surface area contributed by atoms with Gasteiger partial charge in [0.25, 0.3) is 0 Å². The van der Waals surface area contributed by atoms with Gasteiger partial charge in [-0.25, -0.2) is 0 Å². The summed E-state index contributed by atoms with van der Waals surface area (Å²) in [4.78, 5) is 12.6. The molecule has 15 heavy (non-hydrogen) atoms. The van der Waals surface area contributed by atoms with E-state index in [0.717, 1.165) is 38.8 Å². The highest BCUT2D eigenvalue weighted by Gasteiger charge is 2.29. The third-order valence-electron chi connectivity index (χ3n) is 2.57. The van der Waals surface area contributed by atoms with E-state index in [-0.39, 0.29) is 6.54 Å². The van der Waals surface area contributed by atoms with Gasteiger partial charge in [-0.3, -0.25) is 9.69 Å². The molecule has 0 aromatic heterocycles. The van der Waals surface area contributed by atoms with Crippen LogP contribution in [0.1, 0.15) is 32.6 Å². The summed E-state index contributed by atoms with van der Waals surface area (Å²) in [5, 5.41) is 8.72. The van der Waals surface area contributed by atoms with Gasteiger partial charge in [0.15, 0.2) is 0 Å². The Hall–Kier alpha value is -0.610. The third-order valence-corrected chi connectivity index (χ3v) is 2.57. The van der Waals surface area contributed by atoms with Crippen LogP contribution in [0.4, 0.5) is 0 Å². The predicted molar refractivity (Wildman–Crippen MR) is 58.0 cm³/mol. The molecular formula is C11H21NO3. The van der Waals surface area contributed by atoms with Crippen molar-refractivity contribution in [2.24, 2.45) is 0 Å². The fourth-order valence-electron chi connectivity index (χ4n) is 1.53. The van der Waals surface area contributed by atoms with E-state index in [1.165, 1.54) is 0 Å². The molecular weight excluding hydrogens is 194 g/mol. The summed E-state index contributed by atoms with van der Waals surface area (Å²) in [6.07, 6.45) is 4.51. The molecule has 1 aliphatic carbocycles. The Morgan fingerprint density at radius 1 is 1.47 bits per heavy atom. The van der Waals surface area contributed by atoms with Crippen LogP contribution >= 0.6 is 0 Å². The molecule has 0 heterocycles. The van der Waals surface area contributed by atoms with E-state index >= 15 is 0 Å². The lowest BCUT2D eigenvalue weighted by Crippen LogP contribution is -2.34. The summed E-state index contributed by atoms with van der Waals surface area (Å²) >= 11 is 0. The Labute approximate surface area is 91.2 Å². The zero-order valence-electron chi connectivity index (χ0n) is 9.45. The van der Waals surface area contributed by atoms with Crippen LogP contribution in [0.3, 0.4) is 0 Å². The molecule has 0 saturated heterocycles. The van der Waals surface area contributed by atoms with Gasteiger partial charge in [0.1, 0.15) is 0 Å². The van der Waals surface area contributed by atoms with Gasteiger partial charge in [-0.1, -0.05) is 13.3 Å². The molecule has 0 atom stereocenters. The molecule has 4 nitrogen and oxygen atoms in total. The first-order valence-electron chi connectivity index (χ1n) is 5.77. The Balaban J connectivity index is 2.06. The maximum Gasteiger partial charge on any atom is 0.317 e. The maximum atomic E-state index is 10.6. The van der Waals surface area contributed by atoms with E-state index in [9.17, 15) is 4.79 Å². The normalized spacial score (nSPS) is 15.9. The Kier molecular flexibility index (Phi) is 5.65. The fourth-order valence-corrected chi connectivity index (χ4v) is 1.53. The van der Waals surface area contributed by atoms with Crippen molar-refractivity contribution in [3.8, 4) is 0 Å². The van der Waals surface area contributed by atoms with E-state index in [1.807, 2.05) is 4.90 Å². The highest BCUT2D eigenvalue weighted by atomic mass is 16.5. The lowest BCUT2D eigenvalue weighted by molar-refractivity contribution is -0.138. The minimum Gasteiger partial charge on any atom is -0.480 e. The molecule has 1 fully saturated rings. The van der Waals surface area contributed by atoms with Crippen molar-refractivity contribution in [3.63, 3.8) is 0 Å². The second-order valence-electron chi connectivity index (χ2n) is 4.06. The molecule has 1 rings (SSSR count). The Bertz CT molecular complexity index is 192. The highest BCUT2D eigenvalue weighted by molar-refractivity contribution is 5.69. The largest absolute Gasteiger partial charge is 0.480 e. The first-order valence-corrected chi connectivity index (χ1v) is 5.77. The van der Waals surface area contributed by atoms with Crippen molar-refractivity contribution in [3.05, 3.63) is 0 Å². The second kappa shape index (κ2) is 6.80. The number of nitrogens with zero attached hydrogens (tertiary/aromatic N) is 1. The average Bonchev–Trinajstić information content (AvgIpc) is 2.98. The number of rotatable bonds is 9. The van der Waals surface area contributed by atoms with Crippen LogP contribution in [0.2, 0.25) is 0 Å². The molecule has 0 aliphatic heterocycles. The Morgan fingerprint density at radius 2 is 2.20 bits per heavy atom. The highest BCUT2D eigenvalue weighted by Crippen LogP contribution is 2.26. The number of ether oxygens (including phenoxy) is 1. The number of hydrogen-bond donors (Lipinski definition) is 1.